The van der Waals surface area contributed by atoms with Gasteiger partial charge in [-0.15, -0.1) is 0 Å². The summed E-state index contributed by atoms with van der Waals surface area (Å²) in [6.45, 7) is 3.10. The van der Waals surface area contributed by atoms with E-state index < -0.39 is 29.4 Å². The van der Waals surface area contributed by atoms with Crippen molar-refractivity contribution < 1.29 is 32.0 Å². The number of hydroxylamine groups is 1. The zero-order valence-corrected chi connectivity index (χ0v) is 24.4. The van der Waals surface area contributed by atoms with Crippen molar-refractivity contribution >= 4 is 40.5 Å². The van der Waals surface area contributed by atoms with Crippen molar-refractivity contribution in [3.8, 4) is 6.07 Å². The molecule has 0 saturated heterocycles. The Morgan fingerprint density at radius 2 is 1.49 bits per heavy atom. The number of nitrogens with zero attached hydrogens (tertiary/aromatic N) is 1. The Morgan fingerprint density at radius 1 is 0.889 bits per heavy atom. The molecule has 1 atom stereocenters. The van der Waals surface area contributed by atoms with E-state index in [2.05, 4.69) is 16.1 Å². The lowest BCUT2D eigenvalue weighted by molar-refractivity contribution is -0.269. The van der Waals surface area contributed by atoms with Crippen molar-refractivity contribution in [3.05, 3.63) is 135 Å². The van der Waals surface area contributed by atoms with Crippen LogP contribution in [0.15, 0.2) is 84.9 Å². The van der Waals surface area contributed by atoms with Gasteiger partial charge in [-0.1, -0.05) is 35.9 Å². The molecule has 4 aromatic rings. The third-order valence-corrected chi connectivity index (χ3v) is 7.45. The number of alkyl halides is 3. The largest absolute Gasteiger partial charge is 0.428 e. The number of nitriles is 1. The van der Waals surface area contributed by atoms with E-state index in [1.165, 1.54) is 42.5 Å². The maximum absolute atomic E-state index is 14.6. The molecule has 0 saturated carbocycles. The molecule has 1 aliphatic heterocycles. The summed E-state index contributed by atoms with van der Waals surface area (Å²) in [5.41, 5.74) is 1.19. The average Bonchev–Trinajstić information content (AvgIpc) is 3.47. The van der Waals surface area contributed by atoms with Crippen molar-refractivity contribution in [1.82, 2.24) is 5.48 Å². The number of halogens is 5. The van der Waals surface area contributed by atoms with E-state index in [0.717, 1.165) is 18.2 Å². The Balaban J connectivity index is 1.42. The van der Waals surface area contributed by atoms with Crippen LogP contribution in [0.25, 0.3) is 5.70 Å². The van der Waals surface area contributed by atoms with Gasteiger partial charge in [0.2, 0.25) is 5.60 Å². The van der Waals surface area contributed by atoms with Gasteiger partial charge in [-0.2, -0.15) is 18.4 Å². The summed E-state index contributed by atoms with van der Waals surface area (Å²) in [5, 5.41) is 15.2. The first-order valence-corrected chi connectivity index (χ1v) is 13.7. The summed E-state index contributed by atoms with van der Waals surface area (Å²) in [4.78, 5) is 31.2. The summed E-state index contributed by atoms with van der Waals surface area (Å²) in [6, 6.07) is 19.5. The fourth-order valence-corrected chi connectivity index (χ4v) is 4.98. The quantitative estimate of drug-likeness (QED) is 0.188. The summed E-state index contributed by atoms with van der Waals surface area (Å²) >= 11 is 5.92. The molecule has 228 valence electrons. The molecule has 3 N–H and O–H groups in total. The summed E-state index contributed by atoms with van der Waals surface area (Å²) in [6.07, 6.45) is -3.89. The van der Waals surface area contributed by atoms with E-state index in [9.17, 15) is 32.4 Å². The first kappa shape index (κ1) is 31.3. The molecule has 0 bridgehead atoms. The van der Waals surface area contributed by atoms with Gasteiger partial charge in [0.15, 0.2) is 0 Å². The molecular weight excluding hydrogens is 612 g/mol. The number of carbonyl (C=O) groups is 2. The van der Waals surface area contributed by atoms with Gasteiger partial charge in [0.25, 0.3) is 11.8 Å². The van der Waals surface area contributed by atoms with Crippen LogP contribution in [0.1, 0.15) is 48.5 Å². The first-order chi connectivity index (χ1) is 21.3. The van der Waals surface area contributed by atoms with Gasteiger partial charge < -0.3 is 10.6 Å². The highest BCUT2D eigenvalue weighted by atomic mass is 35.5. The third kappa shape index (κ3) is 6.24. The Bertz CT molecular complexity index is 1860. The molecule has 1 unspecified atom stereocenters. The van der Waals surface area contributed by atoms with Gasteiger partial charge in [-0.25, -0.2) is 4.39 Å². The summed E-state index contributed by atoms with van der Waals surface area (Å²) < 4.78 is 57.0. The number of amides is 2. The van der Waals surface area contributed by atoms with E-state index in [1.807, 2.05) is 6.07 Å². The zero-order valence-electron chi connectivity index (χ0n) is 23.6. The molecule has 1 aliphatic rings. The zero-order chi connectivity index (χ0) is 32.5. The molecule has 4 aromatic carbocycles. The van der Waals surface area contributed by atoms with Gasteiger partial charge in [-0.3, -0.25) is 19.9 Å². The number of nitrogens with one attached hydrogen (secondary N) is 3. The van der Waals surface area contributed by atoms with Crippen molar-refractivity contribution in [1.29, 1.82) is 5.26 Å². The van der Waals surface area contributed by atoms with Crippen molar-refractivity contribution in [3.63, 3.8) is 0 Å². The minimum atomic E-state index is -4.85. The Morgan fingerprint density at radius 3 is 2.09 bits per heavy atom. The van der Waals surface area contributed by atoms with Crippen LogP contribution in [0.5, 0.6) is 0 Å². The van der Waals surface area contributed by atoms with Crippen molar-refractivity contribution in [2.75, 3.05) is 10.6 Å². The normalized spacial score (nSPS) is 15.9. The van der Waals surface area contributed by atoms with Crippen LogP contribution in [0.3, 0.4) is 0 Å². The molecule has 5 rings (SSSR count). The topological polar surface area (TPSA) is 103 Å². The molecule has 2 amide bonds. The monoisotopic (exact) mass is 634 g/mol. The minimum Gasteiger partial charge on any atom is -0.322 e. The molecule has 1 heterocycles. The Hall–Kier alpha value is -5.18. The van der Waals surface area contributed by atoms with Crippen LogP contribution in [-0.4, -0.2) is 18.0 Å². The molecule has 45 heavy (non-hydrogen) atoms. The van der Waals surface area contributed by atoms with E-state index in [4.69, 9.17) is 16.4 Å². The Labute approximate surface area is 260 Å². The second kappa shape index (κ2) is 12.1. The summed E-state index contributed by atoms with van der Waals surface area (Å²) in [5.74, 6) is -1.78. The minimum absolute atomic E-state index is 0.0459. The smallest absolute Gasteiger partial charge is 0.322 e. The van der Waals surface area contributed by atoms with Gasteiger partial charge in [0.05, 0.1) is 16.9 Å². The van der Waals surface area contributed by atoms with Crippen LogP contribution in [0.4, 0.5) is 28.9 Å². The number of benzene rings is 4. The number of anilines is 2. The molecule has 0 spiro atoms. The first-order valence-electron chi connectivity index (χ1n) is 13.3. The van der Waals surface area contributed by atoms with Crippen LogP contribution in [0.2, 0.25) is 5.02 Å². The predicted octanol–water partition coefficient (Wildman–Crippen LogP) is 7.81. The maximum atomic E-state index is 14.6. The highest BCUT2D eigenvalue weighted by Crippen LogP contribution is 2.48. The fourth-order valence-electron chi connectivity index (χ4n) is 4.86. The number of aryl methyl sites for hydroxylation is 2. The molecule has 0 aromatic heterocycles. The van der Waals surface area contributed by atoms with Gasteiger partial charge in [-0.05, 0) is 91.2 Å². The molecular formula is C33H23ClF4N4O3. The number of carbonyl (C=O) groups excluding carboxylic acids is 2. The van der Waals surface area contributed by atoms with Crippen molar-refractivity contribution in [2.24, 2.45) is 0 Å². The number of hydrogen-bond donors (Lipinski definition) is 3. The van der Waals surface area contributed by atoms with E-state index >= 15 is 0 Å². The van der Waals surface area contributed by atoms with Crippen LogP contribution in [-0.2, 0) is 10.4 Å². The second-order valence-corrected chi connectivity index (χ2v) is 10.7. The van der Waals surface area contributed by atoms with Gasteiger partial charge in [0, 0.05) is 27.4 Å². The standard InChI is InChI=1S/C33H23ClF4N4O3/c1-18-13-24(32(33(36,37)38)16-28(42-45-32)20-5-9-25(34)10-6-20)14-19(2)29(18)41-31(44)22-3-4-23(17-39)27(15-22)40-30(43)21-7-11-26(35)12-8-21/h3-16,42H,1-2H3,(H,40,43)(H,41,44). The van der Waals surface area contributed by atoms with Crippen LogP contribution < -0.4 is 16.1 Å². The molecule has 0 aliphatic carbocycles. The molecule has 0 fully saturated rings. The van der Waals surface area contributed by atoms with E-state index in [-0.39, 0.29) is 39.3 Å². The third-order valence-electron chi connectivity index (χ3n) is 7.20. The van der Waals surface area contributed by atoms with E-state index in [1.54, 1.807) is 38.1 Å². The summed E-state index contributed by atoms with van der Waals surface area (Å²) in [7, 11) is 0. The van der Waals surface area contributed by atoms with Crippen molar-refractivity contribution in [2.45, 2.75) is 25.6 Å². The number of rotatable bonds is 6. The molecule has 12 heteroatoms. The SMILES string of the molecule is Cc1cc(C2(C(F)(F)F)C=C(c3ccc(Cl)cc3)NO2)cc(C)c1NC(=O)c1ccc(C#N)c(NC(=O)c2ccc(F)cc2)c1. The highest BCUT2D eigenvalue weighted by molar-refractivity contribution is 6.30. The lowest BCUT2D eigenvalue weighted by Crippen LogP contribution is -2.42. The van der Waals surface area contributed by atoms with Gasteiger partial charge >= 0.3 is 6.18 Å². The van der Waals surface area contributed by atoms with Crippen LogP contribution in [0, 0.1) is 31.0 Å². The highest BCUT2D eigenvalue weighted by Gasteiger charge is 2.59. The predicted molar refractivity (Wildman–Crippen MR) is 161 cm³/mol. The lowest BCUT2D eigenvalue weighted by Gasteiger charge is -2.29. The molecule has 7 nitrogen and oxygen atoms in total. The van der Waals surface area contributed by atoms with Gasteiger partial charge in [0.1, 0.15) is 11.9 Å². The number of hydrogen-bond acceptors (Lipinski definition) is 5. The van der Waals surface area contributed by atoms with Crippen LogP contribution >= 0.6 is 11.6 Å². The average molecular weight is 635 g/mol. The maximum Gasteiger partial charge on any atom is 0.428 e. The Kier molecular flexibility index (Phi) is 8.38. The van der Waals surface area contributed by atoms with E-state index in [0.29, 0.717) is 21.7 Å². The fraction of sp³-hybridized carbons (Fsp3) is 0.121. The molecule has 0 radical (unpaired) electrons. The lowest BCUT2D eigenvalue weighted by atomic mass is 9.88. The second-order valence-electron chi connectivity index (χ2n) is 10.3.